The number of ketones is 1. The Kier molecular flexibility index (Phi) is 1.98. The van der Waals surface area contributed by atoms with Gasteiger partial charge in [-0.2, -0.15) is 0 Å². The van der Waals surface area contributed by atoms with E-state index in [4.69, 9.17) is 0 Å². The molecule has 3 nitrogen and oxygen atoms in total. The van der Waals surface area contributed by atoms with E-state index in [0.29, 0.717) is 0 Å². The standard InChI is InChI=1S/C9H8N2OS/c1-6(12)7-2-3-8(13-7)9-10-4-5-11-9/h2-5H,1H3,(H,10,11). The van der Waals surface area contributed by atoms with E-state index in [0.717, 1.165) is 15.6 Å². The molecule has 0 saturated heterocycles. The highest BCUT2D eigenvalue weighted by Gasteiger charge is 2.06. The summed E-state index contributed by atoms with van der Waals surface area (Å²) in [4.78, 5) is 19.9. The van der Waals surface area contributed by atoms with Crippen LogP contribution in [0.4, 0.5) is 0 Å². The van der Waals surface area contributed by atoms with Crippen molar-refractivity contribution in [1.82, 2.24) is 9.97 Å². The van der Waals surface area contributed by atoms with Crippen LogP contribution in [0.5, 0.6) is 0 Å². The quantitative estimate of drug-likeness (QED) is 0.742. The maximum Gasteiger partial charge on any atom is 0.169 e. The van der Waals surface area contributed by atoms with Crippen LogP contribution in [0.15, 0.2) is 24.5 Å². The largest absolute Gasteiger partial charge is 0.344 e. The molecule has 2 aromatic rings. The third-order valence-electron chi connectivity index (χ3n) is 1.68. The number of carbonyl (C=O) groups excluding carboxylic acids is 1. The van der Waals surface area contributed by atoms with Gasteiger partial charge in [-0.1, -0.05) is 0 Å². The molecule has 0 aliphatic carbocycles. The molecule has 2 heterocycles. The number of nitrogens with one attached hydrogen (secondary N) is 1. The molecule has 0 aromatic carbocycles. The molecule has 13 heavy (non-hydrogen) atoms. The summed E-state index contributed by atoms with van der Waals surface area (Å²) in [5, 5.41) is 0. The SMILES string of the molecule is CC(=O)c1ccc(-c2ncc[nH]2)s1. The van der Waals surface area contributed by atoms with Gasteiger partial charge in [-0.3, -0.25) is 4.79 Å². The predicted octanol–water partition coefficient (Wildman–Crippen LogP) is 2.34. The van der Waals surface area contributed by atoms with Crippen LogP contribution in [0.1, 0.15) is 16.6 Å². The minimum atomic E-state index is 0.0998. The molecule has 0 fully saturated rings. The summed E-state index contributed by atoms with van der Waals surface area (Å²) in [5.74, 6) is 0.917. The van der Waals surface area contributed by atoms with E-state index in [1.54, 1.807) is 19.3 Å². The molecule has 2 rings (SSSR count). The van der Waals surface area contributed by atoms with E-state index in [2.05, 4.69) is 9.97 Å². The van der Waals surface area contributed by atoms with Gasteiger partial charge < -0.3 is 4.98 Å². The zero-order chi connectivity index (χ0) is 9.26. The Hall–Kier alpha value is -1.42. The van der Waals surface area contributed by atoms with Gasteiger partial charge in [0, 0.05) is 12.4 Å². The second-order valence-corrected chi connectivity index (χ2v) is 3.74. The zero-order valence-electron chi connectivity index (χ0n) is 7.07. The van der Waals surface area contributed by atoms with Crippen LogP contribution in [-0.4, -0.2) is 15.8 Å². The summed E-state index contributed by atoms with van der Waals surface area (Å²) in [5.41, 5.74) is 0. The number of imidazole rings is 1. The van der Waals surface area contributed by atoms with Gasteiger partial charge in [0.15, 0.2) is 5.78 Å². The normalized spacial score (nSPS) is 10.2. The third-order valence-corrected chi connectivity index (χ3v) is 2.88. The predicted molar refractivity (Wildman–Crippen MR) is 51.9 cm³/mol. The van der Waals surface area contributed by atoms with E-state index >= 15 is 0 Å². The Morgan fingerprint density at radius 3 is 2.92 bits per heavy atom. The highest BCUT2D eigenvalue weighted by Crippen LogP contribution is 2.25. The van der Waals surface area contributed by atoms with E-state index in [1.807, 2.05) is 12.1 Å². The van der Waals surface area contributed by atoms with Crippen molar-refractivity contribution >= 4 is 17.1 Å². The Morgan fingerprint density at radius 2 is 2.38 bits per heavy atom. The summed E-state index contributed by atoms with van der Waals surface area (Å²) in [6.07, 6.45) is 3.46. The average Bonchev–Trinajstić information content (AvgIpc) is 2.75. The van der Waals surface area contributed by atoms with Crippen LogP contribution in [0.2, 0.25) is 0 Å². The molecule has 1 N–H and O–H groups in total. The smallest absolute Gasteiger partial charge is 0.169 e. The molecule has 0 saturated carbocycles. The van der Waals surface area contributed by atoms with Crippen molar-refractivity contribution < 1.29 is 4.79 Å². The molecule has 0 atom stereocenters. The number of rotatable bonds is 2. The monoisotopic (exact) mass is 192 g/mol. The van der Waals surface area contributed by atoms with Crippen molar-refractivity contribution in [3.8, 4) is 10.7 Å². The van der Waals surface area contributed by atoms with Gasteiger partial charge >= 0.3 is 0 Å². The number of hydrogen-bond acceptors (Lipinski definition) is 3. The Bertz CT molecular complexity index is 417. The van der Waals surface area contributed by atoms with Crippen LogP contribution in [0, 0.1) is 0 Å². The molecular weight excluding hydrogens is 184 g/mol. The first-order chi connectivity index (χ1) is 6.27. The Morgan fingerprint density at radius 1 is 1.54 bits per heavy atom. The fourth-order valence-electron chi connectivity index (χ4n) is 1.05. The van der Waals surface area contributed by atoms with Crippen LogP contribution in [-0.2, 0) is 0 Å². The van der Waals surface area contributed by atoms with Crippen LogP contribution < -0.4 is 0 Å². The van der Waals surface area contributed by atoms with Crippen LogP contribution >= 0.6 is 11.3 Å². The first-order valence-electron chi connectivity index (χ1n) is 3.88. The molecule has 4 heteroatoms. The van der Waals surface area contributed by atoms with Gasteiger partial charge in [-0.25, -0.2) is 4.98 Å². The van der Waals surface area contributed by atoms with E-state index in [9.17, 15) is 4.79 Å². The summed E-state index contributed by atoms with van der Waals surface area (Å²) < 4.78 is 0. The van der Waals surface area contributed by atoms with Crippen molar-refractivity contribution in [1.29, 1.82) is 0 Å². The minimum Gasteiger partial charge on any atom is -0.344 e. The average molecular weight is 192 g/mol. The molecular formula is C9H8N2OS. The summed E-state index contributed by atoms with van der Waals surface area (Å²) >= 11 is 1.46. The highest BCUT2D eigenvalue weighted by molar-refractivity contribution is 7.17. The van der Waals surface area contributed by atoms with E-state index in [1.165, 1.54) is 11.3 Å². The topological polar surface area (TPSA) is 45.8 Å². The highest BCUT2D eigenvalue weighted by atomic mass is 32.1. The van der Waals surface area contributed by atoms with Crippen molar-refractivity contribution in [3.05, 3.63) is 29.4 Å². The molecule has 0 bridgehead atoms. The lowest BCUT2D eigenvalue weighted by molar-refractivity contribution is 0.102. The number of nitrogens with zero attached hydrogens (tertiary/aromatic N) is 1. The van der Waals surface area contributed by atoms with Gasteiger partial charge in [-0.05, 0) is 19.1 Å². The summed E-state index contributed by atoms with van der Waals surface area (Å²) in [6, 6.07) is 3.73. The maximum absolute atomic E-state index is 11.0. The molecule has 66 valence electrons. The van der Waals surface area contributed by atoms with Gasteiger partial charge in [-0.15, -0.1) is 11.3 Å². The molecule has 0 amide bonds. The lowest BCUT2D eigenvalue weighted by atomic mass is 10.3. The Balaban J connectivity index is 2.39. The van der Waals surface area contributed by atoms with Crippen molar-refractivity contribution in [3.63, 3.8) is 0 Å². The van der Waals surface area contributed by atoms with E-state index in [-0.39, 0.29) is 5.78 Å². The second-order valence-electron chi connectivity index (χ2n) is 2.66. The number of Topliss-reactive ketones (excluding diaryl/α,β-unsaturated/α-hetero) is 1. The van der Waals surface area contributed by atoms with Gasteiger partial charge in [0.05, 0.1) is 9.75 Å². The molecule has 0 radical (unpaired) electrons. The van der Waals surface area contributed by atoms with Gasteiger partial charge in [0.1, 0.15) is 5.82 Å². The first-order valence-corrected chi connectivity index (χ1v) is 4.69. The number of aromatic nitrogens is 2. The molecule has 0 spiro atoms. The maximum atomic E-state index is 11.0. The summed E-state index contributed by atoms with van der Waals surface area (Å²) in [6.45, 7) is 1.57. The fourth-order valence-corrected chi connectivity index (χ4v) is 1.92. The Labute approximate surface area is 79.4 Å². The van der Waals surface area contributed by atoms with Gasteiger partial charge in [0.25, 0.3) is 0 Å². The van der Waals surface area contributed by atoms with Crippen molar-refractivity contribution in [2.45, 2.75) is 6.92 Å². The first kappa shape index (κ1) is 8.19. The molecule has 0 aliphatic rings. The lowest BCUT2D eigenvalue weighted by Gasteiger charge is -1.87. The molecule has 0 unspecified atom stereocenters. The lowest BCUT2D eigenvalue weighted by Crippen LogP contribution is -1.83. The third kappa shape index (κ3) is 1.53. The fraction of sp³-hybridized carbons (Fsp3) is 0.111. The van der Waals surface area contributed by atoms with Crippen molar-refractivity contribution in [2.24, 2.45) is 0 Å². The van der Waals surface area contributed by atoms with Crippen molar-refractivity contribution in [2.75, 3.05) is 0 Å². The molecule has 0 aliphatic heterocycles. The summed E-state index contributed by atoms with van der Waals surface area (Å²) in [7, 11) is 0. The number of hydrogen-bond donors (Lipinski definition) is 1. The zero-order valence-corrected chi connectivity index (χ0v) is 7.89. The number of H-pyrrole nitrogens is 1. The number of carbonyl (C=O) groups is 1. The number of thiophene rings is 1. The second kappa shape index (κ2) is 3.14. The number of aromatic amines is 1. The van der Waals surface area contributed by atoms with Gasteiger partial charge in [0.2, 0.25) is 0 Å². The van der Waals surface area contributed by atoms with Crippen LogP contribution in [0.3, 0.4) is 0 Å². The van der Waals surface area contributed by atoms with Crippen LogP contribution in [0.25, 0.3) is 10.7 Å². The minimum absolute atomic E-state index is 0.0998. The molecule has 2 aromatic heterocycles. The van der Waals surface area contributed by atoms with E-state index < -0.39 is 0 Å².